The highest BCUT2D eigenvalue weighted by Gasteiger charge is 2.48. The summed E-state index contributed by atoms with van der Waals surface area (Å²) in [5.74, 6) is -0.446. The summed E-state index contributed by atoms with van der Waals surface area (Å²) in [6, 6.07) is 7.31. The van der Waals surface area contributed by atoms with E-state index in [1.807, 2.05) is 26.0 Å². The van der Waals surface area contributed by atoms with Gasteiger partial charge in [0.2, 0.25) is 0 Å². The van der Waals surface area contributed by atoms with E-state index >= 15 is 0 Å². The standard InChI is InChI=1S/C17H19F3O5S.C2H6/c1-2-24-16(21)11-12-3-5-13(6-4-12)14-7-9-15(10-8-14)25-26(22,23)17(18,19)20;1-2/h3-6,9,14H,2,7-8,10-11H2,1H3;1-2H3. The SMILES string of the molecule is CC.CCOC(=O)Cc1ccc(C2CC=C(OS(=O)(=O)C(F)(F)F)CC2)cc1. The molecule has 1 aliphatic carbocycles. The molecule has 0 aromatic heterocycles. The Kier molecular flexibility index (Phi) is 9.00. The minimum atomic E-state index is -5.61. The summed E-state index contributed by atoms with van der Waals surface area (Å²) < 4.78 is 68.1. The quantitative estimate of drug-likeness (QED) is 0.373. The van der Waals surface area contributed by atoms with Crippen molar-refractivity contribution in [3.8, 4) is 0 Å². The van der Waals surface area contributed by atoms with Gasteiger partial charge in [-0.1, -0.05) is 38.1 Å². The summed E-state index contributed by atoms with van der Waals surface area (Å²) >= 11 is 0. The van der Waals surface area contributed by atoms with Gasteiger partial charge in [-0.25, -0.2) is 0 Å². The first-order valence-electron chi connectivity index (χ1n) is 9.06. The Hall–Kier alpha value is -2.03. The molecule has 5 nitrogen and oxygen atoms in total. The summed E-state index contributed by atoms with van der Waals surface area (Å²) in [6.07, 6.45) is 2.50. The van der Waals surface area contributed by atoms with Gasteiger partial charge in [0.15, 0.2) is 0 Å². The third-order valence-electron chi connectivity index (χ3n) is 3.97. The van der Waals surface area contributed by atoms with Gasteiger partial charge >= 0.3 is 21.6 Å². The molecule has 0 saturated heterocycles. The van der Waals surface area contributed by atoms with Crippen molar-refractivity contribution >= 4 is 16.1 Å². The van der Waals surface area contributed by atoms with Crippen LogP contribution in [0, 0.1) is 0 Å². The van der Waals surface area contributed by atoms with Crippen molar-refractivity contribution in [1.29, 1.82) is 0 Å². The Morgan fingerprint density at radius 2 is 1.79 bits per heavy atom. The van der Waals surface area contributed by atoms with Gasteiger partial charge in [-0.3, -0.25) is 4.79 Å². The lowest BCUT2D eigenvalue weighted by Gasteiger charge is -2.22. The number of benzene rings is 1. The Morgan fingerprint density at radius 1 is 1.18 bits per heavy atom. The van der Waals surface area contributed by atoms with Crippen LogP contribution in [0.25, 0.3) is 0 Å². The molecule has 0 amide bonds. The lowest BCUT2D eigenvalue weighted by Crippen LogP contribution is -2.25. The smallest absolute Gasteiger partial charge is 0.466 e. The Morgan fingerprint density at radius 3 is 2.25 bits per heavy atom. The average Bonchev–Trinajstić information content (AvgIpc) is 2.64. The molecule has 0 heterocycles. The first-order valence-corrected chi connectivity index (χ1v) is 10.5. The molecule has 0 bridgehead atoms. The molecular formula is C19H25F3O5S. The zero-order valence-electron chi connectivity index (χ0n) is 16.1. The van der Waals surface area contributed by atoms with E-state index in [1.54, 1.807) is 19.1 Å². The first-order chi connectivity index (χ1) is 13.1. The van der Waals surface area contributed by atoms with Gasteiger partial charge in [0.25, 0.3) is 0 Å². The molecule has 28 heavy (non-hydrogen) atoms. The molecule has 1 aromatic carbocycles. The predicted molar refractivity (Wildman–Crippen MR) is 98.9 cm³/mol. The van der Waals surface area contributed by atoms with E-state index in [1.165, 1.54) is 6.08 Å². The topological polar surface area (TPSA) is 69.7 Å². The van der Waals surface area contributed by atoms with Gasteiger partial charge in [-0.15, -0.1) is 0 Å². The predicted octanol–water partition coefficient (Wildman–Crippen LogP) is 4.84. The van der Waals surface area contributed by atoms with E-state index in [0.717, 1.165) is 11.1 Å². The minimum Gasteiger partial charge on any atom is -0.466 e. The first kappa shape index (κ1) is 24.0. The number of hydrogen-bond acceptors (Lipinski definition) is 5. The van der Waals surface area contributed by atoms with E-state index < -0.39 is 15.6 Å². The zero-order chi connectivity index (χ0) is 21.4. The highest BCUT2D eigenvalue weighted by molar-refractivity contribution is 7.87. The number of carbonyl (C=O) groups excluding carboxylic acids is 1. The number of allylic oxidation sites excluding steroid dienone is 2. The van der Waals surface area contributed by atoms with E-state index in [2.05, 4.69) is 4.18 Å². The molecule has 0 spiro atoms. The third kappa shape index (κ3) is 6.85. The number of halogens is 3. The number of ether oxygens (including phenoxy) is 1. The van der Waals surface area contributed by atoms with E-state index in [-0.39, 0.29) is 30.5 Å². The van der Waals surface area contributed by atoms with E-state index in [4.69, 9.17) is 4.74 Å². The van der Waals surface area contributed by atoms with Gasteiger partial charge in [-0.2, -0.15) is 21.6 Å². The zero-order valence-corrected chi connectivity index (χ0v) is 16.9. The molecule has 1 aromatic rings. The molecule has 2 rings (SSSR count). The van der Waals surface area contributed by atoms with Crippen LogP contribution in [-0.4, -0.2) is 26.5 Å². The number of carbonyl (C=O) groups is 1. The lowest BCUT2D eigenvalue weighted by molar-refractivity contribution is -0.142. The van der Waals surface area contributed by atoms with Gasteiger partial charge in [0.05, 0.1) is 13.0 Å². The van der Waals surface area contributed by atoms with Crippen LogP contribution in [0.4, 0.5) is 13.2 Å². The fourth-order valence-electron chi connectivity index (χ4n) is 2.66. The van der Waals surface area contributed by atoms with Crippen molar-refractivity contribution in [3.05, 3.63) is 47.2 Å². The Labute approximate surface area is 163 Å². The second-order valence-electron chi connectivity index (χ2n) is 5.85. The van der Waals surface area contributed by atoms with Crippen molar-refractivity contribution < 1.29 is 35.3 Å². The Balaban J connectivity index is 0.00000190. The fraction of sp³-hybridized carbons (Fsp3) is 0.526. The lowest BCUT2D eigenvalue weighted by atomic mass is 9.86. The molecule has 0 fully saturated rings. The van der Waals surface area contributed by atoms with Crippen molar-refractivity contribution in [2.45, 2.75) is 57.9 Å². The minimum absolute atomic E-state index is 0.0487. The third-order valence-corrected chi connectivity index (χ3v) is 4.97. The fourth-order valence-corrected chi connectivity index (χ4v) is 3.19. The largest absolute Gasteiger partial charge is 0.534 e. The van der Waals surface area contributed by atoms with Crippen molar-refractivity contribution in [1.82, 2.24) is 0 Å². The highest BCUT2D eigenvalue weighted by Crippen LogP contribution is 2.35. The summed E-state index contributed by atoms with van der Waals surface area (Å²) in [5.41, 5.74) is -3.66. The van der Waals surface area contributed by atoms with Crippen molar-refractivity contribution in [2.24, 2.45) is 0 Å². The number of rotatable bonds is 6. The van der Waals surface area contributed by atoms with Crippen LogP contribution in [0.5, 0.6) is 0 Å². The molecular weight excluding hydrogens is 397 g/mol. The number of alkyl halides is 3. The van der Waals surface area contributed by atoms with Crippen molar-refractivity contribution in [2.75, 3.05) is 6.61 Å². The van der Waals surface area contributed by atoms with Crippen LogP contribution in [-0.2, 0) is 30.3 Å². The van der Waals surface area contributed by atoms with E-state index in [0.29, 0.717) is 19.4 Å². The average molecular weight is 422 g/mol. The molecule has 0 N–H and O–H groups in total. The monoisotopic (exact) mass is 422 g/mol. The maximum atomic E-state index is 12.3. The van der Waals surface area contributed by atoms with Crippen molar-refractivity contribution in [3.63, 3.8) is 0 Å². The van der Waals surface area contributed by atoms with Gasteiger partial charge in [0.1, 0.15) is 5.76 Å². The molecule has 0 aliphatic heterocycles. The van der Waals surface area contributed by atoms with Crippen LogP contribution in [0.3, 0.4) is 0 Å². The summed E-state index contributed by atoms with van der Waals surface area (Å²) in [6.45, 7) is 6.05. The molecule has 158 valence electrons. The molecule has 1 unspecified atom stereocenters. The van der Waals surface area contributed by atoms with Crippen LogP contribution in [0.2, 0.25) is 0 Å². The second-order valence-corrected chi connectivity index (χ2v) is 7.39. The Bertz CT molecular complexity index is 768. The molecule has 1 atom stereocenters. The molecule has 0 saturated carbocycles. The summed E-state index contributed by atoms with van der Waals surface area (Å²) in [5, 5.41) is 0. The maximum absolute atomic E-state index is 12.3. The van der Waals surface area contributed by atoms with Gasteiger partial charge in [0, 0.05) is 6.42 Å². The van der Waals surface area contributed by atoms with Crippen LogP contribution >= 0.6 is 0 Å². The number of esters is 1. The highest BCUT2D eigenvalue weighted by atomic mass is 32.2. The molecule has 0 radical (unpaired) electrons. The van der Waals surface area contributed by atoms with Crippen LogP contribution < -0.4 is 0 Å². The molecule has 9 heteroatoms. The van der Waals surface area contributed by atoms with Crippen LogP contribution in [0.15, 0.2) is 36.1 Å². The maximum Gasteiger partial charge on any atom is 0.534 e. The summed E-state index contributed by atoms with van der Waals surface area (Å²) in [7, 11) is -5.61. The normalized spacial score (nSPS) is 17.1. The molecule has 1 aliphatic rings. The summed E-state index contributed by atoms with van der Waals surface area (Å²) in [4.78, 5) is 11.4. The van der Waals surface area contributed by atoms with E-state index in [9.17, 15) is 26.4 Å². The van der Waals surface area contributed by atoms with Gasteiger partial charge in [-0.05, 0) is 42.9 Å². The number of hydrogen-bond donors (Lipinski definition) is 0. The van der Waals surface area contributed by atoms with Crippen LogP contribution in [0.1, 0.15) is 57.1 Å². The second kappa shape index (κ2) is 10.5. The van der Waals surface area contributed by atoms with Gasteiger partial charge < -0.3 is 8.92 Å².